The van der Waals surface area contributed by atoms with Crippen LogP contribution in [0.2, 0.25) is 0 Å². The van der Waals surface area contributed by atoms with Crippen molar-refractivity contribution < 1.29 is 4.79 Å². The van der Waals surface area contributed by atoms with E-state index in [1.807, 2.05) is 18.4 Å². The molecule has 0 aromatic carbocycles. The van der Waals surface area contributed by atoms with Crippen molar-refractivity contribution in [3.8, 4) is 0 Å². The van der Waals surface area contributed by atoms with Gasteiger partial charge >= 0.3 is 0 Å². The van der Waals surface area contributed by atoms with Gasteiger partial charge in [-0.05, 0) is 47.9 Å². The Morgan fingerprint density at radius 3 is 2.89 bits per heavy atom. The van der Waals surface area contributed by atoms with E-state index in [4.69, 9.17) is 0 Å². The summed E-state index contributed by atoms with van der Waals surface area (Å²) in [4.78, 5) is 16.1. The SMILES string of the molecule is CCNc1ccc(C(=O)NCCc2ccsc2)cn1. The number of aromatic nitrogens is 1. The van der Waals surface area contributed by atoms with Crippen molar-refractivity contribution in [2.75, 3.05) is 18.4 Å². The molecular formula is C14H17N3OS. The monoisotopic (exact) mass is 275 g/mol. The summed E-state index contributed by atoms with van der Waals surface area (Å²) in [6.45, 7) is 3.47. The molecule has 2 rings (SSSR count). The minimum absolute atomic E-state index is 0.0780. The smallest absolute Gasteiger partial charge is 0.252 e. The van der Waals surface area contributed by atoms with Crippen molar-refractivity contribution in [3.05, 3.63) is 46.3 Å². The maximum atomic E-state index is 11.9. The van der Waals surface area contributed by atoms with Crippen LogP contribution in [0.5, 0.6) is 0 Å². The number of carbonyl (C=O) groups excluding carboxylic acids is 1. The number of hydrogen-bond donors (Lipinski definition) is 2. The van der Waals surface area contributed by atoms with Crippen molar-refractivity contribution in [1.29, 1.82) is 0 Å². The molecule has 0 saturated heterocycles. The number of amides is 1. The first-order valence-electron chi connectivity index (χ1n) is 6.29. The molecule has 0 saturated carbocycles. The zero-order valence-corrected chi connectivity index (χ0v) is 11.7. The van der Waals surface area contributed by atoms with Gasteiger partial charge in [-0.1, -0.05) is 0 Å². The number of hydrogen-bond acceptors (Lipinski definition) is 4. The van der Waals surface area contributed by atoms with Crippen LogP contribution in [0, 0.1) is 0 Å². The lowest BCUT2D eigenvalue weighted by Crippen LogP contribution is -2.25. The van der Waals surface area contributed by atoms with Crippen LogP contribution in [-0.2, 0) is 6.42 Å². The van der Waals surface area contributed by atoms with E-state index in [2.05, 4.69) is 27.1 Å². The van der Waals surface area contributed by atoms with Crippen LogP contribution in [0.25, 0.3) is 0 Å². The van der Waals surface area contributed by atoms with E-state index in [-0.39, 0.29) is 5.91 Å². The summed E-state index contributed by atoms with van der Waals surface area (Å²) in [7, 11) is 0. The van der Waals surface area contributed by atoms with Crippen LogP contribution in [0.4, 0.5) is 5.82 Å². The van der Waals surface area contributed by atoms with Crippen LogP contribution >= 0.6 is 11.3 Å². The van der Waals surface area contributed by atoms with E-state index in [0.717, 1.165) is 18.8 Å². The van der Waals surface area contributed by atoms with Crippen molar-refractivity contribution in [3.63, 3.8) is 0 Å². The van der Waals surface area contributed by atoms with Gasteiger partial charge in [0.25, 0.3) is 5.91 Å². The molecule has 0 fully saturated rings. The molecule has 4 nitrogen and oxygen atoms in total. The largest absolute Gasteiger partial charge is 0.370 e. The van der Waals surface area contributed by atoms with Crippen LogP contribution < -0.4 is 10.6 Å². The molecule has 0 aliphatic rings. The Hall–Kier alpha value is -1.88. The Kier molecular flexibility index (Phi) is 4.92. The van der Waals surface area contributed by atoms with Gasteiger partial charge in [-0.3, -0.25) is 4.79 Å². The predicted molar refractivity (Wildman–Crippen MR) is 78.8 cm³/mol. The van der Waals surface area contributed by atoms with Crippen molar-refractivity contribution in [2.24, 2.45) is 0 Å². The molecule has 2 heterocycles. The van der Waals surface area contributed by atoms with Crippen LogP contribution in [0.15, 0.2) is 35.2 Å². The van der Waals surface area contributed by atoms with Gasteiger partial charge in [-0.25, -0.2) is 4.98 Å². The number of nitrogens with one attached hydrogen (secondary N) is 2. The molecule has 5 heteroatoms. The highest BCUT2D eigenvalue weighted by molar-refractivity contribution is 7.07. The minimum Gasteiger partial charge on any atom is -0.370 e. The first-order chi connectivity index (χ1) is 9.29. The van der Waals surface area contributed by atoms with E-state index in [1.54, 1.807) is 23.6 Å². The van der Waals surface area contributed by atoms with Gasteiger partial charge in [0.1, 0.15) is 5.82 Å². The zero-order chi connectivity index (χ0) is 13.5. The fourth-order valence-electron chi connectivity index (χ4n) is 1.67. The second kappa shape index (κ2) is 6.89. The summed E-state index contributed by atoms with van der Waals surface area (Å²) in [5.74, 6) is 0.711. The standard InChI is InChI=1S/C14H17N3OS/c1-2-15-13-4-3-12(9-17-13)14(18)16-7-5-11-6-8-19-10-11/h3-4,6,8-10H,2,5,7H2,1H3,(H,15,17)(H,16,18). The highest BCUT2D eigenvalue weighted by atomic mass is 32.1. The minimum atomic E-state index is -0.0780. The molecule has 2 N–H and O–H groups in total. The summed E-state index contributed by atoms with van der Waals surface area (Å²) in [5.41, 5.74) is 1.85. The van der Waals surface area contributed by atoms with Crippen molar-refractivity contribution >= 4 is 23.1 Å². The molecule has 0 bridgehead atoms. The molecule has 0 aliphatic carbocycles. The summed E-state index contributed by atoms with van der Waals surface area (Å²) >= 11 is 1.67. The number of nitrogens with zero attached hydrogens (tertiary/aromatic N) is 1. The molecule has 0 spiro atoms. The van der Waals surface area contributed by atoms with Crippen LogP contribution in [0.3, 0.4) is 0 Å². The summed E-state index contributed by atoms with van der Waals surface area (Å²) in [5, 5.41) is 10.1. The molecular weight excluding hydrogens is 258 g/mol. The van der Waals surface area contributed by atoms with Gasteiger partial charge in [-0.15, -0.1) is 0 Å². The third-order valence-electron chi connectivity index (χ3n) is 2.66. The van der Waals surface area contributed by atoms with Gasteiger partial charge in [-0.2, -0.15) is 11.3 Å². The van der Waals surface area contributed by atoms with Gasteiger partial charge in [0, 0.05) is 19.3 Å². The molecule has 2 aromatic rings. The second-order valence-electron chi connectivity index (χ2n) is 4.10. The number of rotatable bonds is 6. The van der Waals surface area contributed by atoms with Gasteiger partial charge in [0.2, 0.25) is 0 Å². The van der Waals surface area contributed by atoms with Crippen LogP contribution in [0.1, 0.15) is 22.8 Å². The molecule has 19 heavy (non-hydrogen) atoms. The maximum Gasteiger partial charge on any atom is 0.252 e. The molecule has 0 atom stereocenters. The highest BCUT2D eigenvalue weighted by Crippen LogP contribution is 2.07. The van der Waals surface area contributed by atoms with Gasteiger partial charge < -0.3 is 10.6 Å². The zero-order valence-electron chi connectivity index (χ0n) is 10.8. The number of carbonyl (C=O) groups is 1. The first kappa shape index (κ1) is 13.5. The molecule has 0 unspecified atom stereocenters. The Morgan fingerprint density at radius 1 is 1.37 bits per heavy atom. The van der Waals surface area contributed by atoms with E-state index in [0.29, 0.717) is 12.1 Å². The maximum absolute atomic E-state index is 11.9. The topological polar surface area (TPSA) is 54.0 Å². The lowest BCUT2D eigenvalue weighted by atomic mass is 10.2. The lowest BCUT2D eigenvalue weighted by molar-refractivity contribution is 0.0954. The summed E-state index contributed by atoms with van der Waals surface area (Å²) in [6.07, 6.45) is 2.45. The molecule has 1 amide bonds. The third kappa shape index (κ3) is 4.06. The first-order valence-corrected chi connectivity index (χ1v) is 7.23. The van der Waals surface area contributed by atoms with Crippen LogP contribution in [-0.4, -0.2) is 24.0 Å². The molecule has 0 aliphatic heterocycles. The quantitative estimate of drug-likeness (QED) is 0.852. The molecule has 2 aromatic heterocycles. The van der Waals surface area contributed by atoms with E-state index in [1.165, 1.54) is 5.56 Å². The fourth-order valence-corrected chi connectivity index (χ4v) is 2.37. The fraction of sp³-hybridized carbons (Fsp3) is 0.286. The number of pyridine rings is 1. The predicted octanol–water partition coefficient (Wildman–Crippen LogP) is 2.55. The average molecular weight is 275 g/mol. The van der Waals surface area contributed by atoms with Gasteiger partial charge in [0.15, 0.2) is 0 Å². The Bertz CT molecular complexity index is 508. The number of anilines is 1. The second-order valence-corrected chi connectivity index (χ2v) is 4.88. The highest BCUT2D eigenvalue weighted by Gasteiger charge is 2.05. The average Bonchev–Trinajstić information content (AvgIpc) is 2.93. The third-order valence-corrected chi connectivity index (χ3v) is 3.39. The van der Waals surface area contributed by atoms with Crippen molar-refractivity contribution in [2.45, 2.75) is 13.3 Å². The van der Waals surface area contributed by atoms with Crippen molar-refractivity contribution in [1.82, 2.24) is 10.3 Å². The Balaban J connectivity index is 1.82. The molecule has 100 valence electrons. The van der Waals surface area contributed by atoms with E-state index in [9.17, 15) is 4.79 Å². The summed E-state index contributed by atoms with van der Waals surface area (Å²) < 4.78 is 0. The summed E-state index contributed by atoms with van der Waals surface area (Å²) in [6, 6.07) is 5.67. The lowest BCUT2D eigenvalue weighted by Gasteiger charge is -2.05. The number of thiophene rings is 1. The Morgan fingerprint density at radius 2 is 2.26 bits per heavy atom. The van der Waals surface area contributed by atoms with E-state index >= 15 is 0 Å². The Labute approximate surface area is 116 Å². The normalized spacial score (nSPS) is 10.2. The molecule has 0 radical (unpaired) electrons. The van der Waals surface area contributed by atoms with E-state index < -0.39 is 0 Å². The van der Waals surface area contributed by atoms with Gasteiger partial charge in [0.05, 0.1) is 5.56 Å².